The molecule has 0 aliphatic heterocycles. The summed E-state index contributed by atoms with van der Waals surface area (Å²) in [6.07, 6.45) is 5.07. The number of carbonyl (C=O) groups excluding carboxylic acids is 1. The minimum absolute atomic E-state index is 0.0215. The number of hydrogen-bond acceptors (Lipinski definition) is 4. The number of rotatable bonds is 8. The summed E-state index contributed by atoms with van der Waals surface area (Å²) in [6.45, 7) is 10.4. The fourth-order valence-corrected chi connectivity index (χ4v) is 2.84. The molecule has 6 heteroatoms. The molecule has 1 heterocycles. The van der Waals surface area contributed by atoms with Gasteiger partial charge in [0.25, 0.3) is 0 Å². The first-order chi connectivity index (χ1) is 11.2. The predicted octanol–water partition coefficient (Wildman–Crippen LogP) is 2.87. The smallest absolute Gasteiger partial charge is 0.233 e. The van der Waals surface area contributed by atoms with Gasteiger partial charge < -0.3 is 4.90 Å². The van der Waals surface area contributed by atoms with Crippen LogP contribution in [0.1, 0.15) is 5.56 Å². The topological polar surface area (TPSA) is 51.0 Å². The highest BCUT2D eigenvalue weighted by molar-refractivity contribution is 7.99. The van der Waals surface area contributed by atoms with E-state index in [4.69, 9.17) is 0 Å². The highest BCUT2D eigenvalue weighted by atomic mass is 32.2. The minimum Gasteiger partial charge on any atom is -0.335 e. The maximum absolute atomic E-state index is 12.3. The van der Waals surface area contributed by atoms with E-state index in [1.807, 2.05) is 35.8 Å². The highest BCUT2D eigenvalue weighted by Crippen LogP contribution is 2.20. The monoisotopic (exact) mass is 328 g/mol. The SMILES string of the molecule is C=CCN(CC=C)C(=O)CSc1nncn1-c1ccc(C)cc1. The molecule has 2 aromatic rings. The van der Waals surface area contributed by atoms with Gasteiger partial charge in [-0.05, 0) is 19.1 Å². The Morgan fingerprint density at radius 2 is 1.91 bits per heavy atom. The van der Waals surface area contributed by atoms with E-state index >= 15 is 0 Å². The van der Waals surface area contributed by atoms with Crippen molar-refractivity contribution in [2.75, 3.05) is 18.8 Å². The zero-order chi connectivity index (χ0) is 16.7. The predicted molar refractivity (Wildman–Crippen MR) is 93.8 cm³/mol. The maximum Gasteiger partial charge on any atom is 0.233 e. The Hall–Kier alpha value is -2.34. The lowest BCUT2D eigenvalue weighted by atomic mass is 10.2. The van der Waals surface area contributed by atoms with Crippen molar-refractivity contribution in [2.24, 2.45) is 0 Å². The van der Waals surface area contributed by atoms with Crippen LogP contribution in [-0.4, -0.2) is 44.4 Å². The van der Waals surface area contributed by atoms with Crippen LogP contribution in [0.25, 0.3) is 5.69 Å². The second-order valence-corrected chi connectivity index (χ2v) is 5.93. The van der Waals surface area contributed by atoms with Crippen molar-refractivity contribution < 1.29 is 4.79 Å². The van der Waals surface area contributed by atoms with Crippen molar-refractivity contribution in [3.05, 3.63) is 61.5 Å². The Morgan fingerprint density at radius 3 is 2.52 bits per heavy atom. The van der Waals surface area contributed by atoms with Gasteiger partial charge in [-0.25, -0.2) is 0 Å². The lowest BCUT2D eigenvalue weighted by Crippen LogP contribution is -2.32. The minimum atomic E-state index is 0.0215. The van der Waals surface area contributed by atoms with Crippen LogP contribution in [-0.2, 0) is 4.79 Å². The van der Waals surface area contributed by atoms with Crippen molar-refractivity contribution in [1.29, 1.82) is 0 Å². The first-order valence-corrected chi connectivity index (χ1v) is 8.23. The van der Waals surface area contributed by atoms with Crippen molar-refractivity contribution in [2.45, 2.75) is 12.1 Å². The van der Waals surface area contributed by atoms with E-state index in [-0.39, 0.29) is 5.91 Å². The molecule has 23 heavy (non-hydrogen) atoms. The summed E-state index contributed by atoms with van der Waals surface area (Å²) in [5, 5.41) is 8.75. The van der Waals surface area contributed by atoms with Crippen LogP contribution in [0.2, 0.25) is 0 Å². The molecule has 2 rings (SSSR count). The molecule has 0 radical (unpaired) electrons. The van der Waals surface area contributed by atoms with E-state index in [0.717, 1.165) is 5.69 Å². The Kier molecular flexibility index (Phi) is 6.17. The van der Waals surface area contributed by atoms with Crippen LogP contribution in [0.4, 0.5) is 0 Å². The second-order valence-electron chi connectivity index (χ2n) is 4.98. The summed E-state index contributed by atoms with van der Waals surface area (Å²) in [7, 11) is 0. The van der Waals surface area contributed by atoms with Crippen LogP contribution >= 0.6 is 11.8 Å². The molecule has 120 valence electrons. The van der Waals surface area contributed by atoms with E-state index in [1.54, 1.807) is 23.4 Å². The summed E-state index contributed by atoms with van der Waals surface area (Å²) in [5.41, 5.74) is 2.17. The number of nitrogens with zero attached hydrogens (tertiary/aromatic N) is 4. The molecule has 0 fully saturated rings. The second kappa shape index (κ2) is 8.33. The third-order valence-corrected chi connectivity index (χ3v) is 4.13. The van der Waals surface area contributed by atoms with Crippen molar-refractivity contribution >= 4 is 17.7 Å². The number of carbonyl (C=O) groups is 1. The summed E-state index contributed by atoms with van der Waals surface area (Å²) >= 11 is 1.37. The molecule has 0 saturated heterocycles. The zero-order valence-electron chi connectivity index (χ0n) is 13.2. The average molecular weight is 328 g/mol. The first kappa shape index (κ1) is 17.0. The number of thioether (sulfide) groups is 1. The summed E-state index contributed by atoms with van der Waals surface area (Å²) < 4.78 is 1.88. The lowest BCUT2D eigenvalue weighted by molar-refractivity contribution is -0.127. The summed E-state index contributed by atoms with van der Waals surface area (Å²) in [6, 6.07) is 8.08. The van der Waals surface area contributed by atoms with Gasteiger partial charge in [-0.3, -0.25) is 9.36 Å². The van der Waals surface area contributed by atoms with Crippen LogP contribution in [0, 0.1) is 6.92 Å². The number of aryl methyl sites for hydroxylation is 1. The summed E-state index contributed by atoms with van der Waals surface area (Å²) in [5.74, 6) is 0.319. The van der Waals surface area contributed by atoms with Crippen LogP contribution in [0.3, 0.4) is 0 Å². The molecule has 1 aromatic carbocycles. The molecule has 0 atom stereocenters. The standard InChI is InChI=1S/C17H20N4OS/c1-4-10-20(11-5-2)16(22)12-23-17-19-18-13-21(17)15-8-6-14(3)7-9-15/h4-9,13H,1-2,10-12H2,3H3. The maximum atomic E-state index is 12.3. The fourth-order valence-electron chi connectivity index (χ4n) is 2.01. The van der Waals surface area contributed by atoms with Crippen molar-refractivity contribution in [1.82, 2.24) is 19.7 Å². The van der Waals surface area contributed by atoms with Gasteiger partial charge >= 0.3 is 0 Å². The molecule has 0 spiro atoms. The van der Waals surface area contributed by atoms with E-state index < -0.39 is 0 Å². The largest absolute Gasteiger partial charge is 0.335 e. The van der Waals surface area contributed by atoms with Gasteiger partial charge in [0, 0.05) is 18.8 Å². The van der Waals surface area contributed by atoms with Crippen molar-refractivity contribution in [3.63, 3.8) is 0 Å². The van der Waals surface area contributed by atoms with Crippen LogP contribution in [0.5, 0.6) is 0 Å². The summed E-state index contributed by atoms with van der Waals surface area (Å²) in [4.78, 5) is 14.0. The van der Waals surface area contributed by atoms with Crippen molar-refractivity contribution in [3.8, 4) is 5.69 Å². The molecule has 0 aliphatic carbocycles. The molecule has 1 amide bonds. The third kappa shape index (κ3) is 4.56. The molecule has 0 bridgehead atoms. The number of benzene rings is 1. The zero-order valence-corrected chi connectivity index (χ0v) is 14.0. The fraction of sp³-hybridized carbons (Fsp3) is 0.235. The van der Waals surface area contributed by atoms with Gasteiger partial charge in [-0.1, -0.05) is 41.6 Å². The first-order valence-electron chi connectivity index (χ1n) is 7.25. The highest BCUT2D eigenvalue weighted by Gasteiger charge is 2.14. The number of amides is 1. The Morgan fingerprint density at radius 1 is 1.26 bits per heavy atom. The Balaban J connectivity index is 2.05. The van der Waals surface area contributed by atoms with Gasteiger partial charge in [0.1, 0.15) is 6.33 Å². The van der Waals surface area contributed by atoms with Crippen LogP contribution < -0.4 is 0 Å². The van der Waals surface area contributed by atoms with Crippen LogP contribution in [0.15, 0.2) is 61.1 Å². The molecule has 0 aliphatic rings. The molecular formula is C17H20N4OS. The van der Waals surface area contributed by atoms with Gasteiger partial charge in [0.2, 0.25) is 5.91 Å². The molecular weight excluding hydrogens is 308 g/mol. The van der Waals surface area contributed by atoms with Gasteiger partial charge in [-0.2, -0.15) is 0 Å². The Labute approximate surface area is 140 Å². The van der Waals surface area contributed by atoms with E-state index in [2.05, 4.69) is 23.4 Å². The normalized spacial score (nSPS) is 10.3. The quantitative estimate of drug-likeness (QED) is 0.552. The van der Waals surface area contributed by atoms with Gasteiger partial charge in [0.15, 0.2) is 5.16 Å². The molecule has 5 nitrogen and oxygen atoms in total. The lowest BCUT2D eigenvalue weighted by Gasteiger charge is -2.18. The number of aromatic nitrogens is 3. The van der Waals surface area contributed by atoms with E-state index in [9.17, 15) is 4.79 Å². The third-order valence-electron chi connectivity index (χ3n) is 3.21. The van der Waals surface area contributed by atoms with E-state index in [0.29, 0.717) is 24.0 Å². The molecule has 1 aromatic heterocycles. The van der Waals surface area contributed by atoms with Gasteiger partial charge in [0.05, 0.1) is 5.75 Å². The molecule has 0 saturated carbocycles. The van der Waals surface area contributed by atoms with E-state index in [1.165, 1.54) is 17.3 Å². The average Bonchev–Trinajstić information content (AvgIpc) is 3.01. The molecule has 0 unspecified atom stereocenters. The Bertz CT molecular complexity index is 668. The molecule has 0 N–H and O–H groups in total. The number of hydrogen-bond donors (Lipinski definition) is 0. The van der Waals surface area contributed by atoms with Gasteiger partial charge in [-0.15, -0.1) is 23.4 Å².